The van der Waals surface area contributed by atoms with E-state index in [1.54, 1.807) is 14.2 Å². The van der Waals surface area contributed by atoms with Crippen molar-refractivity contribution in [3.63, 3.8) is 0 Å². The Labute approximate surface area is 109 Å². The maximum atomic E-state index is 11.6. The van der Waals surface area contributed by atoms with E-state index in [4.69, 9.17) is 4.74 Å². The summed E-state index contributed by atoms with van der Waals surface area (Å²) >= 11 is 0. The highest BCUT2D eigenvalue weighted by molar-refractivity contribution is 7.89. The molecule has 0 spiro atoms. The van der Waals surface area contributed by atoms with E-state index in [0.717, 1.165) is 11.3 Å². The molecule has 0 aromatic heterocycles. The third-order valence-corrected chi connectivity index (χ3v) is 3.92. The Morgan fingerprint density at radius 3 is 2.61 bits per heavy atom. The molecule has 0 amide bonds. The largest absolute Gasteiger partial charge is 0.496 e. The van der Waals surface area contributed by atoms with E-state index in [0.29, 0.717) is 19.5 Å². The lowest BCUT2D eigenvalue weighted by molar-refractivity contribution is 0.409. The van der Waals surface area contributed by atoms with Crippen LogP contribution in [0.1, 0.15) is 5.56 Å². The highest BCUT2D eigenvalue weighted by Crippen LogP contribution is 2.17. The Kier molecular flexibility index (Phi) is 6.11. The zero-order valence-corrected chi connectivity index (χ0v) is 11.6. The van der Waals surface area contributed by atoms with Crippen molar-refractivity contribution in [2.75, 3.05) is 33.0 Å². The van der Waals surface area contributed by atoms with Gasteiger partial charge in [0.05, 0.1) is 12.9 Å². The highest BCUT2D eigenvalue weighted by Gasteiger charge is 2.09. The number of hydrogen-bond acceptors (Lipinski definition) is 4. The molecule has 18 heavy (non-hydrogen) atoms. The fourth-order valence-electron chi connectivity index (χ4n) is 1.56. The molecule has 0 saturated carbocycles. The Balaban J connectivity index is 2.46. The van der Waals surface area contributed by atoms with Crippen molar-refractivity contribution >= 4 is 10.0 Å². The normalized spacial score (nSPS) is 11.4. The standard InChI is InChI=1S/C12H20N2O3S/c1-13-9-10-18(15,16)14-8-7-11-5-3-4-6-12(11)17-2/h3-6,13-14H,7-10H2,1-2H3. The summed E-state index contributed by atoms with van der Waals surface area (Å²) in [5.74, 6) is 0.877. The molecule has 1 aromatic rings. The monoisotopic (exact) mass is 272 g/mol. The van der Waals surface area contributed by atoms with Gasteiger partial charge in [0.15, 0.2) is 0 Å². The minimum absolute atomic E-state index is 0.0927. The summed E-state index contributed by atoms with van der Waals surface area (Å²) in [6.45, 7) is 0.830. The number of rotatable bonds is 8. The number of methoxy groups -OCH3 is 1. The van der Waals surface area contributed by atoms with Gasteiger partial charge in [0, 0.05) is 13.1 Å². The molecule has 0 heterocycles. The number of ether oxygens (including phenoxy) is 1. The van der Waals surface area contributed by atoms with Crippen molar-refractivity contribution in [2.45, 2.75) is 6.42 Å². The molecule has 1 aromatic carbocycles. The average molecular weight is 272 g/mol. The van der Waals surface area contributed by atoms with Crippen LogP contribution in [0.4, 0.5) is 0 Å². The third-order valence-electron chi connectivity index (χ3n) is 2.53. The molecule has 1 rings (SSSR count). The van der Waals surface area contributed by atoms with Gasteiger partial charge in [0.25, 0.3) is 0 Å². The van der Waals surface area contributed by atoms with Crippen molar-refractivity contribution < 1.29 is 13.2 Å². The van der Waals surface area contributed by atoms with Crippen molar-refractivity contribution in [2.24, 2.45) is 0 Å². The second kappa shape index (κ2) is 7.35. The van der Waals surface area contributed by atoms with Gasteiger partial charge in [-0.3, -0.25) is 0 Å². The molecule has 0 bridgehead atoms. The number of sulfonamides is 1. The molecule has 0 saturated heterocycles. The van der Waals surface area contributed by atoms with E-state index in [9.17, 15) is 8.42 Å². The topological polar surface area (TPSA) is 67.4 Å². The van der Waals surface area contributed by atoms with Crippen LogP contribution in [0, 0.1) is 0 Å². The molecule has 6 heteroatoms. The maximum absolute atomic E-state index is 11.6. The van der Waals surface area contributed by atoms with E-state index in [1.807, 2.05) is 24.3 Å². The van der Waals surface area contributed by atoms with Gasteiger partial charge in [0.2, 0.25) is 10.0 Å². The fraction of sp³-hybridized carbons (Fsp3) is 0.500. The first-order valence-corrected chi connectivity index (χ1v) is 7.48. The second-order valence-corrected chi connectivity index (χ2v) is 5.81. The smallest absolute Gasteiger partial charge is 0.212 e. The van der Waals surface area contributed by atoms with E-state index in [2.05, 4.69) is 10.0 Å². The number of hydrogen-bond donors (Lipinski definition) is 2. The number of nitrogens with one attached hydrogen (secondary N) is 2. The summed E-state index contributed by atoms with van der Waals surface area (Å²) in [5.41, 5.74) is 0.997. The lowest BCUT2D eigenvalue weighted by Crippen LogP contribution is -2.32. The first-order chi connectivity index (χ1) is 8.59. The Morgan fingerprint density at radius 1 is 1.22 bits per heavy atom. The molecule has 0 unspecified atom stereocenters. The maximum Gasteiger partial charge on any atom is 0.212 e. The first-order valence-electron chi connectivity index (χ1n) is 5.83. The van der Waals surface area contributed by atoms with Gasteiger partial charge in [-0.25, -0.2) is 13.1 Å². The van der Waals surface area contributed by atoms with Crippen LogP contribution in [0.15, 0.2) is 24.3 Å². The predicted molar refractivity (Wildman–Crippen MR) is 72.4 cm³/mol. The van der Waals surface area contributed by atoms with E-state index in [1.165, 1.54) is 0 Å². The summed E-state index contributed by atoms with van der Waals surface area (Å²) in [5, 5.41) is 2.81. The van der Waals surface area contributed by atoms with Gasteiger partial charge in [0.1, 0.15) is 5.75 Å². The predicted octanol–water partition coefficient (Wildman–Crippen LogP) is 0.377. The van der Waals surface area contributed by atoms with Crippen molar-refractivity contribution in [1.82, 2.24) is 10.0 Å². The molecular weight excluding hydrogens is 252 g/mol. The van der Waals surface area contributed by atoms with Crippen molar-refractivity contribution in [1.29, 1.82) is 0 Å². The molecule has 0 radical (unpaired) electrons. The van der Waals surface area contributed by atoms with E-state index in [-0.39, 0.29) is 5.75 Å². The molecule has 102 valence electrons. The highest BCUT2D eigenvalue weighted by atomic mass is 32.2. The molecule has 0 aliphatic rings. The molecule has 5 nitrogen and oxygen atoms in total. The zero-order valence-electron chi connectivity index (χ0n) is 10.8. The van der Waals surface area contributed by atoms with Crippen LogP contribution < -0.4 is 14.8 Å². The number of benzene rings is 1. The molecule has 0 aliphatic carbocycles. The van der Waals surface area contributed by atoms with Gasteiger partial charge in [-0.1, -0.05) is 18.2 Å². The lowest BCUT2D eigenvalue weighted by atomic mass is 10.1. The summed E-state index contributed by atoms with van der Waals surface area (Å²) in [6, 6.07) is 7.60. The number of para-hydroxylation sites is 1. The molecule has 2 N–H and O–H groups in total. The molecular formula is C12H20N2O3S. The summed E-state index contributed by atoms with van der Waals surface area (Å²) < 4.78 is 30.9. The first kappa shape index (κ1) is 14.9. The van der Waals surface area contributed by atoms with Crippen LogP contribution in [0.25, 0.3) is 0 Å². The van der Waals surface area contributed by atoms with Crippen LogP contribution in [0.5, 0.6) is 5.75 Å². The summed E-state index contributed by atoms with van der Waals surface area (Å²) in [6.07, 6.45) is 0.614. The van der Waals surface area contributed by atoms with E-state index >= 15 is 0 Å². The average Bonchev–Trinajstić information content (AvgIpc) is 2.37. The van der Waals surface area contributed by atoms with Crippen LogP contribution >= 0.6 is 0 Å². The lowest BCUT2D eigenvalue weighted by Gasteiger charge is -2.09. The molecule has 0 fully saturated rings. The van der Waals surface area contributed by atoms with Gasteiger partial charge >= 0.3 is 0 Å². The Bertz CT molecular complexity index is 460. The Morgan fingerprint density at radius 2 is 1.94 bits per heavy atom. The minimum atomic E-state index is -3.19. The zero-order chi connectivity index (χ0) is 13.4. The Hall–Kier alpha value is -1.11. The van der Waals surface area contributed by atoms with Gasteiger partial charge in [-0.15, -0.1) is 0 Å². The second-order valence-electron chi connectivity index (χ2n) is 3.88. The van der Waals surface area contributed by atoms with Crippen LogP contribution in [0.3, 0.4) is 0 Å². The van der Waals surface area contributed by atoms with Crippen LogP contribution in [-0.2, 0) is 16.4 Å². The minimum Gasteiger partial charge on any atom is -0.496 e. The van der Waals surface area contributed by atoms with Crippen LogP contribution in [-0.4, -0.2) is 41.4 Å². The van der Waals surface area contributed by atoms with E-state index < -0.39 is 10.0 Å². The van der Waals surface area contributed by atoms with Crippen LogP contribution in [0.2, 0.25) is 0 Å². The fourth-order valence-corrected chi connectivity index (χ4v) is 2.59. The third kappa shape index (κ3) is 5.03. The molecule has 0 atom stereocenters. The summed E-state index contributed by atoms with van der Waals surface area (Å²) in [7, 11) is 0.147. The van der Waals surface area contributed by atoms with Crippen molar-refractivity contribution in [3.05, 3.63) is 29.8 Å². The van der Waals surface area contributed by atoms with Gasteiger partial charge < -0.3 is 10.1 Å². The quantitative estimate of drug-likeness (QED) is 0.718. The molecule has 0 aliphatic heterocycles. The van der Waals surface area contributed by atoms with Crippen molar-refractivity contribution in [3.8, 4) is 5.75 Å². The SMILES string of the molecule is CNCCS(=O)(=O)NCCc1ccccc1OC. The van der Waals surface area contributed by atoms with Gasteiger partial charge in [-0.2, -0.15) is 0 Å². The van der Waals surface area contributed by atoms with Gasteiger partial charge in [-0.05, 0) is 25.1 Å². The summed E-state index contributed by atoms with van der Waals surface area (Å²) in [4.78, 5) is 0.